The molecule has 0 saturated carbocycles. The van der Waals surface area contributed by atoms with E-state index in [2.05, 4.69) is 33.5 Å². The molecule has 9 N–H and O–H groups in total. The average Bonchev–Trinajstić information content (AvgIpc) is 3.76. The summed E-state index contributed by atoms with van der Waals surface area (Å²) >= 11 is 0. The van der Waals surface area contributed by atoms with Crippen LogP contribution < -0.4 is 21.4 Å². The van der Waals surface area contributed by atoms with Gasteiger partial charge in [-0.05, 0) is 6.92 Å². The first-order chi connectivity index (χ1) is 24.7. The molecule has 30 heteroatoms. The lowest BCUT2D eigenvalue weighted by molar-refractivity contribution is -0.745. The summed E-state index contributed by atoms with van der Waals surface area (Å²) in [6.45, 7) is -0.324. The summed E-state index contributed by atoms with van der Waals surface area (Å²) in [5.74, 6) is -0.0198. The van der Waals surface area contributed by atoms with E-state index in [1.54, 1.807) is 0 Å². The van der Waals surface area contributed by atoms with Crippen molar-refractivity contribution in [3.05, 3.63) is 39.2 Å². The molecular weight excluding hydrogens is 778 g/mol. The predicted octanol–water partition coefficient (Wildman–Crippen LogP) is -2.99. The Morgan fingerprint density at radius 3 is 2.38 bits per heavy atom. The number of ether oxygens (including phenoxy) is 3. The van der Waals surface area contributed by atoms with Gasteiger partial charge < -0.3 is 54.6 Å². The molecule has 2 aliphatic rings. The maximum atomic E-state index is 12.8. The van der Waals surface area contributed by atoms with Crippen molar-refractivity contribution in [3.63, 3.8) is 0 Å². The number of aromatic nitrogens is 8. The van der Waals surface area contributed by atoms with Gasteiger partial charge in [0.05, 0.1) is 26.6 Å². The molecule has 2 radical (unpaired) electrons. The van der Waals surface area contributed by atoms with E-state index >= 15 is 0 Å². The smallest absolute Gasteiger partial charge is 0.387 e. The van der Waals surface area contributed by atoms with Crippen LogP contribution in [0.15, 0.2) is 22.2 Å². The normalized spacial score (nSPS) is 29.7. The molecule has 0 aromatic carbocycles. The predicted molar refractivity (Wildman–Crippen MR) is 173 cm³/mol. The number of aliphatic hydroxyl groups excluding tert-OH is 3. The summed E-state index contributed by atoms with van der Waals surface area (Å²) in [6.07, 6.45) is -9.16. The van der Waals surface area contributed by atoms with Crippen molar-refractivity contribution in [1.82, 2.24) is 34.1 Å². The average molecular weight is 810 g/mol. The number of hydrogen-bond donors (Lipinski definition) is 8. The number of nitrogens with zero attached hydrogens (tertiary/aromatic N) is 6. The zero-order chi connectivity index (χ0) is 38.8. The summed E-state index contributed by atoms with van der Waals surface area (Å²) in [5.41, 5.74) is 4.46. The Morgan fingerprint density at radius 1 is 0.981 bits per heavy atom. The maximum absolute atomic E-state index is 12.8. The van der Waals surface area contributed by atoms with Gasteiger partial charge in [-0.15, -0.1) is 0 Å². The Morgan fingerprint density at radius 2 is 1.68 bits per heavy atom. The standard InChI is InChI=1S/C23H31BN9O17P3/c1-8-27-17-11(19(37)28-8)26-6-32(17)22-15(36)16(44-3)10(48-22)5-46-52(40,41)50-53(42,43)49-51(24,39)45-4-9-13(34)14(35)21(47-9)33-7-31(2)12-18(33)29-23(25)30-20(12)38/h6-7,9-10,13-16,21-22,34-36H,4-5H2,1-3H3,(H5-,25,27,28,29,30,37,38,40,41,42,43)/p+1/t9-,10-,13+,14?,15?,16+,21-,22-,51?/m1/s1. The van der Waals surface area contributed by atoms with Gasteiger partial charge in [-0.3, -0.25) is 32.8 Å². The van der Waals surface area contributed by atoms with Crippen LogP contribution >= 0.6 is 23.1 Å². The second-order valence-corrected chi connectivity index (χ2v) is 16.5. The summed E-state index contributed by atoms with van der Waals surface area (Å²) in [7, 11) is -8.50. The van der Waals surface area contributed by atoms with Crippen LogP contribution in [0.2, 0.25) is 0 Å². The van der Waals surface area contributed by atoms with Gasteiger partial charge in [0.25, 0.3) is 24.5 Å². The number of aromatic amines is 2. The second kappa shape index (κ2) is 14.4. The number of aliphatic hydroxyl groups is 3. The fourth-order valence-corrected chi connectivity index (χ4v) is 9.48. The minimum atomic E-state index is -5.84. The highest BCUT2D eigenvalue weighted by molar-refractivity contribution is 7.84. The number of H-pyrrole nitrogens is 2. The van der Waals surface area contributed by atoms with Gasteiger partial charge >= 0.3 is 21.3 Å². The summed E-state index contributed by atoms with van der Waals surface area (Å²) in [6, 6.07) is 0. The lowest BCUT2D eigenvalue weighted by Crippen LogP contribution is -2.46. The first kappa shape index (κ1) is 39.5. The lowest BCUT2D eigenvalue weighted by atomic mass is 10.1. The van der Waals surface area contributed by atoms with Crippen LogP contribution in [0.1, 0.15) is 18.3 Å². The van der Waals surface area contributed by atoms with Crippen molar-refractivity contribution in [2.45, 2.75) is 56.0 Å². The van der Waals surface area contributed by atoms with Crippen molar-refractivity contribution in [1.29, 1.82) is 0 Å². The first-order valence-corrected chi connectivity index (χ1v) is 19.6. The molecule has 6 heterocycles. The molecular formula is C23H32BN9O17P3+. The molecule has 2 saturated heterocycles. The van der Waals surface area contributed by atoms with Gasteiger partial charge in [-0.1, -0.05) is 4.98 Å². The van der Waals surface area contributed by atoms with Gasteiger partial charge in [0.1, 0.15) is 42.4 Å². The first-order valence-electron chi connectivity index (χ1n) is 15.0. The molecule has 4 aromatic heterocycles. The fraction of sp³-hybridized carbons (Fsp3) is 0.565. The highest BCUT2D eigenvalue weighted by atomic mass is 31.3. The Kier molecular flexibility index (Phi) is 10.8. The maximum Gasteiger partial charge on any atom is 0.487 e. The number of phosphoric acid groups is 2. The SMILES string of the molecule is [B]P(=O)(OC[C@H]1O[C@@H]([n+]2cn(C)c3c(=O)[nH]c(N)nc32)C(O)[C@H]1O)OP(=O)(O)OP(=O)(O)OC[C@H]1O[C@@H](n2cnc3c(=O)[nH]c(C)nc32)C(O)[C@H]1OC. The fourth-order valence-electron chi connectivity index (χ4n) is 5.83. The Hall–Kier alpha value is -3.23. The molecule has 2 aliphatic heterocycles. The van der Waals surface area contributed by atoms with Crippen LogP contribution in [0.5, 0.6) is 0 Å². The quantitative estimate of drug-likeness (QED) is 0.0379. The topological polar surface area (TPSA) is 361 Å². The van der Waals surface area contributed by atoms with Crippen molar-refractivity contribution < 1.29 is 75.2 Å². The van der Waals surface area contributed by atoms with Crippen LogP contribution in [0.4, 0.5) is 5.95 Å². The molecule has 2 fully saturated rings. The molecule has 53 heavy (non-hydrogen) atoms. The summed E-state index contributed by atoms with van der Waals surface area (Å²) in [4.78, 5) is 61.8. The minimum absolute atomic E-state index is 0.0290. The molecule has 0 amide bonds. The third-order valence-corrected chi connectivity index (χ3v) is 12.4. The molecule has 0 bridgehead atoms. The van der Waals surface area contributed by atoms with Crippen molar-refractivity contribution in [3.8, 4) is 0 Å². The van der Waals surface area contributed by atoms with Crippen molar-refractivity contribution in [2.75, 3.05) is 26.1 Å². The van der Waals surface area contributed by atoms with E-state index in [1.807, 2.05) is 0 Å². The highest BCUT2D eigenvalue weighted by Gasteiger charge is 2.50. The number of rotatable bonds is 13. The van der Waals surface area contributed by atoms with E-state index < -0.39 is 96.5 Å². The van der Waals surface area contributed by atoms with Crippen molar-refractivity contribution in [2.24, 2.45) is 7.05 Å². The molecule has 26 nitrogen and oxygen atoms in total. The Bertz CT molecular complexity index is 2300. The van der Waals surface area contributed by atoms with Crippen LogP contribution in [0.3, 0.4) is 0 Å². The molecule has 11 atom stereocenters. The number of fused-ring (bicyclic) bond motifs is 2. The molecule has 0 spiro atoms. The number of hydrogen-bond acceptors (Lipinski definition) is 19. The van der Waals surface area contributed by atoms with Crippen LogP contribution in [0.25, 0.3) is 22.3 Å². The minimum Gasteiger partial charge on any atom is -0.387 e. The number of phosphoric ester groups is 1. The number of aryl methyl sites for hydroxylation is 2. The van der Waals surface area contributed by atoms with E-state index in [-0.39, 0.29) is 34.1 Å². The third kappa shape index (κ3) is 7.96. The monoisotopic (exact) mass is 810 g/mol. The Balaban J connectivity index is 1.06. The van der Waals surface area contributed by atoms with E-state index in [1.165, 1.54) is 47.4 Å². The molecule has 288 valence electrons. The molecule has 5 unspecified atom stereocenters. The van der Waals surface area contributed by atoms with E-state index in [0.29, 0.717) is 0 Å². The van der Waals surface area contributed by atoms with E-state index in [9.17, 15) is 48.4 Å². The number of imidazole rings is 2. The lowest BCUT2D eigenvalue weighted by Gasteiger charge is -2.23. The van der Waals surface area contributed by atoms with Crippen molar-refractivity contribution >= 4 is 59.0 Å². The largest absolute Gasteiger partial charge is 0.487 e. The second-order valence-electron chi connectivity index (χ2n) is 11.8. The molecule has 6 rings (SSSR count). The summed E-state index contributed by atoms with van der Waals surface area (Å²) in [5, 5.41) is 32.1. The number of nitrogens with two attached hydrogens (primary N) is 1. The van der Waals surface area contributed by atoms with Crippen LogP contribution in [-0.2, 0) is 52.6 Å². The van der Waals surface area contributed by atoms with Gasteiger partial charge in [0.2, 0.25) is 19.3 Å². The van der Waals surface area contributed by atoms with Crippen LogP contribution in [0, 0.1) is 6.92 Å². The van der Waals surface area contributed by atoms with Gasteiger partial charge in [-0.25, -0.2) is 28.0 Å². The highest BCUT2D eigenvalue weighted by Crippen LogP contribution is 2.67. The zero-order valence-corrected chi connectivity index (χ0v) is 30.2. The third-order valence-electron chi connectivity index (χ3n) is 8.05. The number of nitrogens with one attached hydrogen (secondary N) is 2. The van der Waals surface area contributed by atoms with E-state index in [0.717, 1.165) is 0 Å². The molecule has 4 aromatic rings. The van der Waals surface area contributed by atoms with Crippen LogP contribution in [-0.4, -0.2) is 124 Å². The van der Waals surface area contributed by atoms with Gasteiger partial charge in [-0.2, -0.15) is 4.31 Å². The van der Waals surface area contributed by atoms with Gasteiger partial charge in [0.15, 0.2) is 23.7 Å². The number of nitrogen functional groups attached to an aromatic ring is 1. The number of methoxy groups -OCH3 is 1. The number of anilines is 1. The van der Waals surface area contributed by atoms with Gasteiger partial charge in [0, 0.05) is 7.11 Å². The molecule has 0 aliphatic carbocycles. The summed E-state index contributed by atoms with van der Waals surface area (Å²) < 4.78 is 76.5. The zero-order valence-electron chi connectivity index (χ0n) is 27.5. The Labute approximate surface area is 296 Å². The van der Waals surface area contributed by atoms with E-state index in [4.69, 9.17) is 36.6 Å².